The van der Waals surface area contributed by atoms with Crippen LogP contribution in [0.1, 0.15) is 51.9 Å². The molecule has 2 aromatic rings. The zero-order valence-electron chi connectivity index (χ0n) is 18.5. The van der Waals surface area contributed by atoms with Gasteiger partial charge in [0.15, 0.2) is 5.52 Å². The van der Waals surface area contributed by atoms with E-state index in [-0.39, 0.29) is 38.6 Å². The number of methoxy groups -OCH3 is 1. The zero-order chi connectivity index (χ0) is 21.1. The Hall–Kier alpha value is -1.17. The summed E-state index contributed by atoms with van der Waals surface area (Å²) in [4.78, 5) is 13.0. The van der Waals surface area contributed by atoms with E-state index < -0.39 is 5.60 Å². The molecule has 152 valence electrons. The average molecular weight is 430 g/mol. The minimum atomic E-state index is -0.412. The molecular formula is C22H28ClLiO4P+. The largest absolute Gasteiger partial charge is 1.00 e. The normalized spacial score (nSPS) is 11.9. The number of ether oxygens (including phenoxy) is 3. The molecule has 7 heteroatoms. The molecule has 0 aliphatic rings. The first-order valence-corrected chi connectivity index (χ1v) is 10.4. The van der Waals surface area contributed by atoms with Gasteiger partial charge in [-0.25, -0.2) is 0 Å². The Labute approximate surface area is 192 Å². The second kappa shape index (κ2) is 10.2. The molecule has 29 heavy (non-hydrogen) atoms. The fourth-order valence-electron chi connectivity index (χ4n) is 2.52. The summed E-state index contributed by atoms with van der Waals surface area (Å²) in [5, 5.41) is 1.17. The molecule has 0 saturated heterocycles. The SMILES string of the molecule is COc1cccc(Cl)c1C(=O)Pc1ccc(OC(C)(C)C)cc1OC(C)(C)C.[Li+]. The van der Waals surface area contributed by atoms with Crippen molar-refractivity contribution in [1.82, 2.24) is 0 Å². The van der Waals surface area contributed by atoms with Crippen molar-refractivity contribution in [3.05, 3.63) is 47.0 Å². The van der Waals surface area contributed by atoms with E-state index in [2.05, 4.69) is 0 Å². The van der Waals surface area contributed by atoms with E-state index in [1.165, 1.54) is 7.11 Å². The number of hydrogen-bond donors (Lipinski definition) is 0. The summed E-state index contributed by atoms with van der Waals surface area (Å²) in [6.45, 7) is 11.9. The summed E-state index contributed by atoms with van der Waals surface area (Å²) < 4.78 is 17.4. The molecular weight excluding hydrogens is 402 g/mol. The molecule has 2 rings (SSSR count). The molecule has 0 aliphatic heterocycles. The molecule has 2 aromatic carbocycles. The number of hydrogen-bond acceptors (Lipinski definition) is 4. The van der Waals surface area contributed by atoms with Crippen LogP contribution in [0.15, 0.2) is 36.4 Å². The van der Waals surface area contributed by atoms with Gasteiger partial charge in [-0.3, -0.25) is 4.79 Å². The van der Waals surface area contributed by atoms with Crippen molar-refractivity contribution in [2.75, 3.05) is 7.11 Å². The first-order chi connectivity index (χ1) is 12.9. The van der Waals surface area contributed by atoms with E-state index in [1.54, 1.807) is 18.2 Å². The summed E-state index contributed by atoms with van der Waals surface area (Å²) in [7, 11) is 1.36. The van der Waals surface area contributed by atoms with Crippen molar-refractivity contribution in [3.8, 4) is 17.2 Å². The topological polar surface area (TPSA) is 44.8 Å². The van der Waals surface area contributed by atoms with Crippen LogP contribution in [0.4, 0.5) is 0 Å². The van der Waals surface area contributed by atoms with E-state index in [0.29, 0.717) is 27.8 Å². The van der Waals surface area contributed by atoms with Gasteiger partial charge >= 0.3 is 18.9 Å². The van der Waals surface area contributed by atoms with Crippen LogP contribution in [0.25, 0.3) is 0 Å². The molecule has 0 saturated carbocycles. The molecule has 0 aliphatic carbocycles. The molecule has 0 N–H and O–H groups in total. The Morgan fingerprint density at radius 1 is 0.931 bits per heavy atom. The smallest absolute Gasteiger partial charge is 0.496 e. The molecule has 0 amide bonds. The maximum atomic E-state index is 13.0. The maximum Gasteiger partial charge on any atom is 1.00 e. The maximum absolute atomic E-state index is 13.0. The van der Waals surface area contributed by atoms with Gasteiger partial charge in [0.1, 0.15) is 28.5 Å². The summed E-state index contributed by atoms with van der Waals surface area (Å²) >= 11 is 6.27. The van der Waals surface area contributed by atoms with Crippen molar-refractivity contribution in [2.24, 2.45) is 0 Å². The predicted molar refractivity (Wildman–Crippen MR) is 117 cm³/mol. The molecule has 0 bridgehead atoms. The third-order valence-electron chi connectivity index (χ3n) is 3.46. The van der Waals surface area contributed by atoms with E-state index >= 15 is 0 Å². The van der Waals surface area contributed by atoms with Crippen LogP contribution < -0.4 is 38.4 Å². The van der Waals surface area contributed by atoms with E-state index in [4.69, 9.17) is 25.8 Å². The number of carbonyl (C=O) groups excluding carboxylic acids is 1. The van der Waals surface area contributed by atoms with Gasteiger partial charge in [-0.2, -0.15) is 0 Å². The minimum absolute atomic E-state index is 0. The predicted octanol–water partition coefficient (Wildman–Crippen LogP) is 2.85. The third kappa shape index (κ3) is 7.87. The van der Waals surface area contributed by atoms with Gasteiger partial charge in [0.2, 0.25) is 0 Å². The zero-order valence-corrected chi connectivity index (χ0v) is 20.2. The van der Waals surface area contributed by atoms with E-state index in [9.17, 15) is 4.79 Å². The van der Waals surface area contributed by atoms with Gasteiger partial charge in [0, 0.05) is 11.4 Å². The standard InChI is InChI=1S/C22H28ClO4P.Li/c1-21(2,3)26-14-11-12-18(17(13-14)27-22(4,5)6)28-20(24)19-15(23)9-8-10-16(19)25-7;/h8-13,28H,1-7H3;/q;+1. The van der Waals surface area contributed by atoms with Gasteiger partial charge in [-0.1, -0.05) is 17.7 Å². The number of rotatable bonds is 6. The summed E-state index contributed by atoms with van der Waals surface area (Å²) in [6.07, 6.45) is 0. The van der Waals surface area contributed by atoms with Crippen molar-refractivity contribution < 1.29 is 37.9 Å². The van der Waals surface area contributed by atoms with Crippen molar-refractivity contribution in [3.63, 3.8) is 0 Å². The van der Waals surface area contributed by atoms with Gasteiger partial charge in [0.05, 0.1) is 17.7 Å². The van der Waals surface area contributed by atoms with E-state index in [0.717, 1.165) is 5.30 Å². The average Bonchev–Trinajstić information content (AvgIpc) is 2.53. The van der Waals surface area contributed by atoms with Crippen LogP contribution in [-0.4, -0.2) is 23.8 Å². The van der Waals surface area contributed by atoms with Crippen LogP contribution in [-0.2, 0) is 0 Å². The first-order valence-electron chi connectivity index (χ1n) is 9.05. The Balaban J connectivity index is 0.00000420. The van der Waals surface area contributed by atoms with Crippen LogP contribution >= 0.6 is 20.2 Å². The molecule has 1 atom stereocenters. The number of halogens is 1. The monoisotopic (exact) mass is 429 g/mol. The molecule has 0 heterocycles. The van der Waals surface area contributed by atoms with Gasteiger partial charge in [0.25, 0.3) is 0 Å². The van der Waals surface area contributed by atoms with Crippen molar-refractivity contribution in [2.45, 2.75) is 52.7 Å². The van der Waals surface area contributed by atoms with Gasteiger partial charge in [-0.05, 0) is 74.4 Å². The summed E-state index contributed by atoms with van der Waals surface area (Å²) in [6, 6.07) is 10.8. The van der Waals surface area contributed by atoms with Crippen LogP contribution in [0, 0.1) is 0 Å². The Bertz CT molecular complexity index is 857. The molecule has 0 fully saturated rings. The Morgan fingerprint density at radius 3 is 2.10 bits per heavy atom. The number of carbonyl (C=O) groups is 1. The third-order valence-corrected chi connectivity index (χ3v) is 4.94. The fourth-order valence-corrected chi connectivity index (χ4v) is 3.89. The van der Waals surface area contributed by atoms with Crippen LogP contribution in [0.3, 0.4) is 0 Å². The molecule has 0 radical (unpaired) electrons. The number of benzene rings is 2. The fraction of sp³-hybridized carbons (Fsp3) is 0.409. The quantitative estimate of drug-likeness (QED) is 0.523. The Kier molecular flexibility index (Phi) is 9.12. The van der Waals surface area contributed by atoms with Gasteiger partial charge in [-0.15, -0.1) is 0 Å². The molecule has 4 nitrogen and oxygen atoms in total. The summed E-state index contributed by atoms with van der Waals surface area (Å²) in [5.41, 5.74) is -0.457. The van der Waals surface area contributed by atoms with E-state index in [1.807, 2.05) is 59.7 Å². The van der Waals surface area contributed by atoms with Crippen molar-refractivity contribution >= 4 is 31.0 Å². The van der Waals surface area contributed by atoms with Gasteiger partial charge < -0.3 is 14.2 Å². The molecule has 1 unspecified atom stereocenters. The summed E-state index contributed by atoms with van der Waals surface area (Å²) in [5.74, 6) is 1.80. The van der Waals surface area contributed by atoms with Crippen LogP contribution in [0.2, 0.25) is 5.02 Å². The second-order valence-corrected chi connectivity index (χ2v) is 10.0. The molecule has 0 spiro atoms. The minimum Gasteiger partial charge on any atom is -0.496 e. The molecule has 0 aromatic heterocycles. The Morgan fingerprint density at radius 2 is 1.55 bits per heavy atom. The second-order valence-electron chi connectivity index (χ2n) is 8.36. The first kappa shape index (κ1) is 25.9. The van der Waals surface area contributed by atoms with Crippen LogP contribution in [0.5, 0.6) is 17.2 Å². The van der Waals surface area contributed by atoms with Crippen molar-refractivity contribution in [1.29, 1.82) is 0 Å².